The van der Waals surface area contributed by atoms with Crippen LogP contribution in [0.5, 0.6) is 0 Å². The van der Waals surface area contributed by atoms with Crippen molar-refractivity contribution in [3.05, 3.63) is 82.6 Å². The van der Waals surface area contributed by atoms with Gasteiger partial charge in [-0.05, 0) is 55.2 Å². The molecule has 4 aromatic rings. The second-order valence-electron chi connectivity index (χ2n) is 9.92. The molecule has 0 aliphatic carbocycles. The van der Waals surface area contributed by atoms with Gasteiger partial charge in [-0.25, -0.2) is 13.8 Å². The summed E-state index contributed by atoms with van der Waals surface area (Å²) in [5.41, 5.74) is 6.97. The second kappa shape index (κ2) is 13.0. The Hall–Kier alpha value is -3.47. The maximum atomic E-state index is 15.5. The summed E-state index contributed by atoms with van der Waals surface area (Å²) in [7, 11) is 0. The molecule has 0 saturated heterocycles. The molecule has 7 nitrogen and oxygen atoms in total. The van der Waals surface area contributed by atoms with Gasteiger partial charge in [-0.15, -0.1) is 0 Å². The zero-order chi connectivity index (χ0) is 29.8. The highest BCUT2D eigenvalue weighted by Gasteiger charge is 2.28. The average molecular weight is 601 g/mol. The molecule has 0 spiro atoms. The summed E-state index contributed by atoms with van der Waals surface area (Å²) in [6, 6.07) is 10.2. The van der Waals surface area contributed by atoms with E-state index in [2.05, 4.69) is 9.71 Å². The number of aromatic nitrogens is 2. The first-order valence-electron chi connectivity index (χ1n) is 13.2. The molecule has 0 saturated carbocycles. The van der Waals surface area contributed by atoms with E-state index in [9.17, 15) is 9.59 Å². The molecule has 2 heterocycles. The van der Waals surface area contributed by atoms with Crippen LogP contribution in [0.15, 0.2) is 54.9 Å². The Bertz CT molecular complexity index is 1580. The highest BCUT2D eigenvalue weighted by atomic mass is 35.5. The van der Waals surface area contributed by atoms with Crippen LogP contribution in [0.4, 0.5) is 14.5 Å². The standard InChI is InChI=1S/C30H31ClF2N4O3S/c1-5-12-41-36-24-11-10-23(32)25(26(24)33)28(38)22-15-37(17(4)40-30(39)27(34)16(2)3)29-21(22)13-19(14-35-29)18-6-8-20(31)9-7-18/h6-11,13-17,27,36H,5,12,34H2,1-4H3. The first-order valence-corrected chi connectivity index (χ1v) is 14.5. The van der Waals surface area contributed by atoms with Crippen molar-refractivity contribution < 1.29 is 23.1 Å². The number of ether oxygens (including phenoxy) is 1. The van der Waals surface area contributed by atoms with Gasteiger partial charge in [0.15, 0.2) is 12.0 Å². The Morgan fingerprint density at radius 3 is 2.49 bits per heavy atom. The van der Waals surface area contributed by atoms with Crippen LogP contribution >= 0.6 is 23.5 Å². The number of nitrogens with zero attached hydrogens (tertiary/aromatic N) is 2. The lowest BCUT2D eigenvalue weighted by molar-refractivity contribution is -0.155. The molecule has 0 aliphatic rings. The van der Waals surface area contributed by atoms with Crippen molar-refractivity contribution in [1.82, 2.24) is 9.55 Å². The SMILES string of the molecule is CCCSNc1ccc(F)c(C(=O)c2cn(C(C)OC(=O)C(N)C(C)C)c3ncc(-c4ccc(Cl)cc4)cc23)c1F. The molecular weight excluding hydrogens is 570 g/mol. The summed E-state index contributed by atoms with van der Waals surface area (Å²) in [5.74, 6) is -2.95. The molecule has 0 fully saturated rings. The van der Waals surface area contributed by atoms with Gasteiger partial charge >= 0.3 is 5.97 Å². The van der Waals surface area contributed by atoms with Crippen molar-refractivity contribution >= 4 is 52.0 Å². The molecule has 0 amide bonds. The van der Waals surface area contributed by atoms with E-state index in [1.165, 1.54) is 28.8 Å². The molecule has 4 rings (SSSR count). The smallest absolute Gasteiger partial charge is 0.325 e. The normalized spacial score (nSPS) is 12.9. The zero-order valence-electron chi connectivity index (χ0n) is 23.1. The fourth-order valence-corrected chi connectivity index (χ4v) is 4.92. The van der Waals surface area contributed by atoms with Gasteiger partial charge in [-0.3, -0.25) is 14.2 Å². The number of ketones is 1. The third-order valence-electron chi connectivity index (χ3n) is 6.57. The number of hydrogen-bond acceptors (Lipinski definition) is 7. The largest absolute Gasteiger partial charge is 0.440 e. The molecule has 216 valence electrons. The van der Waals surface area contributed by atoms with Crippen molar-refractivity contribution in [2.24, 2.45) is 11.7 Å². The lowest BCUT2D eigenvalue weighted by atomic mass is 10.00. The van der Waals surface area contributed by atoms with Crippen LogP contribution in [-0.2, 0) is 9.53 Å². The summed E-state index contributed by atoms with van der Waals surface area (Å²) < 4.78 is 40.5. The van der Waals surface area contributed by atoms with Crippen LogP contribution < -0.4 is 10.5 Å². The highest BCUT2D eigenvalue weighted by molar-refractivity contribution is 8.00. The fraction of sp³-hybridized carbons (Fsp3) is 0.300. The van der Waals surface area contributed by atoms with Crippen molar-refractivity contribution in [2.45, 2.75) is 46.4 Å². The van der Waals surface area contributed by atoms with Gasteiger partial charge in [-0.1, -0.05) is 56.5 Å². The van der Waals surface area contributed by atoms with E-state index >= 15 is 8.78 Å². The van der Waals surface area contributed by atoms with Gasteiger partial charge < -0.3 is 15.2 Å². The van der Waals surface area contributed by atoms with Crippen LogP contribution in [0.2, 0.25) is 5.02 Å². The summed E-state index contributed by atoms with van der Waals surface area (Å²) >= 11 is 7.30. The zero-order valence-corrected chi connectivity index (χ0v) is 24.7. The molecule has 2 atom stereocenters. The Morgan fingerprint density at radius 2 is 1.83 bits per heavy atom. The predicted molar refractivity (Wildman–Crippen MR) is 160 cm³/mol. The summed E-state index contributed by atoms with van der Waals surface area (Å²) in [6.45, 7) is 7.17. The van der Waals surface area contributed by atoms with E-state index in [1.807, 2.05) is 6.92 Å². The van der Waals surface area contributed by atoms with Gasteiger partial charge in [0.25, 0.3) is 0 Å². The molecule has 0 bridgehead atoms. The molecule has 0 aliphatic heterocycles. The van der Waals surface area contributed by atoms with E-state index in [0.29, 0.717) is 21.7 Å². The van der Waals surface area contributed by atoms with Gasteiger partial charge in [0.1, 0.15) is 17.5 Å². The van der Waals surface area contributed by atoms with Gasteiger partial charge in [0.2, 0.25) is 5.78 Å². The van der Waals surface area contributed by atoms with Crippen LogP contribution in [-0.4, -0.2) is 33.1 Å². The van der Waals surface area contributed by atoms with Gasteiger partial charge in [0, 0.05) is 34.1 Å². The summed E-state index contributed by atoms with van der Waals surface area (Å²) in [5, 5.41) is 0.882. The van der Waals surface area contributed by atoms with E-state index < -0.39 is 41.2 Å². The Morgan fingerprint density at radius 1 is 1.12 bits per heavy atom. The first kappa shape index (κ1) is 30.5. The molecule has 41 heavy (non-hydrogen) atoms. The highest BCUT2D eigenvalue weighted by Crippen LogP contribution is 2.33. The molecule has 2 aromatic carbocycles. The monoisotopic (exact) mass is 600 g/mol. The third kappa shape index (κ3) is 6.55. The molecule has 3 N–H and O–H groups in total. The number of fused-ring (bicyclic) bond motifs is 1. The molecule has 2 aromatic heterocycles. The fourth-order valence-electron chi connectivity index (χ4n) is 4.17. The van der Waals surface area contributed by atoms with Crippen LogP contribution in [0.3, 0.4) is 0 Å². The van der Waals surface area contributed by atoms with Crippen molar-refractivity contribution in [2.75, 3.05) is 10.5 Å². The number of carbonyl (C=O) groups is 2. The third-order valence-corrected chi connectivity index (χ3v) is 7.80. The minimum absolute atomic E-state index is 0.00175. The van der Waals surface area contributed by atoms with Crippen LogP contribution in [0, 0.1) is 17.6 Å². The van der Waals surface area contributed by atoms with Crippen molar-refractivity contribution in [1.29, 1.82) is 0 Å². The van der Waals surface area contributed by atoms with E-state index in [1.54, 1.807) is 57.3 Å². The Kier molecular flexibility index (Phi) is 9.68. The van der Waals surface area contributed by atoms with Gasteiger partial charge in [-0.2, -0.15) is 0 Å². The number of halogens is 3. The topological polar surface area (TPSA) is 99.2 Å². The molecule has 11 heteroatoms. The Balaban J connectivity index is 1.84. The van der Waals surface area contributed by atoms with Crippen molar-refractivity contribution in [3.8, 4) is 11.1 Å². The lowest BCUT2D eigenvalue weighted by Gasteiger charge is -2.20. The maximum absolute atomic E-state index is 15.5. The lowest BCUT2D eigenvalue weighted by Crippen LogP contribution is -2.38. The number of anilines is 1. The number of nitrogens with one attached hydrogen (secondary N) is 1. The summed E-state index contributed by atoms with van der Waals surface area (Å²) in [6.07, 6.45) is 2.93. The predicted octanol–water partition coefficient (Wildman–Crippen LogP) is 7.38. The van der Waals surface area contributed by atoms with E-state index in [0.717, 1.165) is 18.1 Å². The number of pyridine rings is 1. The van der Waals surface area contributed by atoms with Crippen LogP contribution in [0.25, 0.3) is 22.2 Å². The minimum Gasteiger partial charge on any atom is -0.440 e. The number of nitrogens with two attached hydrogens (primary N) is 1. The van der Waals surface area contributed by atoms with Crippen molar-refractivity contribution in [3.63, 3.8) is 0 Å². The first-order chi connectivity index (χ1) is 19.5. The number of hydrogen-bond donors (Lipinski definition) is 2. The quantitative estimate of drug-likeness (QED) is 0.0802. The summed E-state index contributed by atoms with van der Waals surface area (Å²) in [4.78, 5) is 31.0. The average Bonchev–Trinajstić information content (AvgIpc) is 3.33. The Labute approximate surface area is 246 Å². The maximum Gasteiger partial charge on any atom is 0.325 e. The number of benzene rings is 2. The van der Waals surface area contributed by atoms with Gasteiger partial charge in [0.05, 0.1) is 16.8 Å². The number of esters is 1. The molecule has 2 unspecified atom stereocenters. The van der Waals surface area contributed by atoms with E-state index in [-0.39, 0.29) is 22.8 Å². The minimum atomic E-state index is -0.997. The second-order valence-corrected chi connectivity index (χ2v) is 11.3. The molecule has 0 radical (unpaired) electrons. The van der Waals surface area contributed by atoms with E-state index in [4.69, 9.17) is 22.1 Å². The number of rotatable bonds is 11. The number of carbonyl (C=O) groups excluding carboxylic acids is 2. The molecular formula is C30H31ClF2N4O3S. The van der Waals surface area contributed by atoms with Crippen LogP contribution in [0.1, 0.15) is 56.3 Å².